The third-order valence-corrected chi connectivity index (χ3v) is 6.29. The van der Waals surface area contributed by atoms with E-state index in [0.29, 0.717) is 26.9 Å². The Labute approximate surface area is 173 Å². The maximum atomic E-state index is 12.6. The largest absolute Gasteiger partial charge is 0.462 e. The molecule has 0 saturated carbocycles. The molecule has 0 aliphatic carbocycles. The van der Waals surface area contributed by atoms with Gasteiger partial charge in [-0.1, -0.05) is 15.9 Å². The summed E-state index contributed by atoms with van der Waals surface area (Å²) < 4.78 is 39.8. The molecule has 6 nitrogen and oxygen atoms in total. The monoisotopic (exact) mass is 515 g/mol. The highest BCUT2D eigenvalue weighted by Crippen LogP contribution is 2.35. The van der Waals surface area contributed by atoms with Crippen LogP contribution in [0.25, 0.3) is 11.0 Å². The summed E-state index contributed by atoms with van der Waals surface area (Å²) in [5.41, 5.74) is 1.02. The molecule has 2 aromatic carbocycles. The van der Waals surface area contributed by atoms with Crippen molar-refractivity contribution in [2.45, 2.75) is 18.7 Å². The van der Waals surface area contributed by atoms with E-state index in [9.17, 15) is 13.2 Å². The summed E-state index contributed by atoms with van der Waals surface area (Å²) in [6.45, 7) is 3.59. The minimum Gasteiger partial charge on any atom is -0.462 e. The van der Waals surface area contributed by atoms with Crippen molar-refractivity contribution < 1.29 is 22.4 Å². The second kappa shape index (κ2) is 7.65. The number of anilines is 1. The molecular weight excluding hydrogens is 502 g/mol. The molecule has 1 N–H and O–H groups in total. The molecular formula is C18H15Br2NO5S. The topological polar surface area (TPSA) is 85.6 Å². The van der Waals surface area contributed by atoms with Crippen LogP contribution in [0.4, 0.5) is 5.69 Å². The van der Waals surface area contributed by atoms with Gasteiger partial charge in [0.05, 0.1) is 21.7 Å². The van der Waals surface area contributed by atoms with E-state index in [-0.39, 0.29) is 17.1 Å². The number of benzene rings is 2. The van der Waals surface area contributed by atoms with Gasteiger partial charge in [0.15, 0.2) is 0 Å². The number of carbonyl (C=O) groups is 1. The van der Waals surface area contributed by atoms with Crippen LogP contribution in [-0.2, 0) is 14.8 Å². The summed E-state index contributed by atoms with van der Waals surface area (Å²) in [4.78, 5) is 12.4. The van der Waals surface area contributed by atoms with Gasteiger partial charge in [0.2, 0.25) is 0 Å². The van der Waals surface area contributed by atoms with Gasteiger partial charge >= 0.3 is 5.97 Å². The van der Waals surface area contributed by atoms with Crippen LogP contribution in [0.15, 0.2) is 54.7 Å². The number of rotatable bonds is 5. The molecule has 0 saturated heterocycles. The molecule has 142 valence electrons. The van der Waals surface area contributed by atoms with Crippen LogP contribution in [0, 0.1) is 6.92 Å². The van der Waals surface area contributed by atoms with Crippen molar-refractivity contribution in [3.05, 3.63) is 56.7 Å². The first-order valence-corrected chi connectivity index (χ1v) is 11.0. The molecule has 0 radical (unpaired) electrons. The summed E-state index contributed by atoms with van der Waals surface area (Å²) >= 11 is 6.65. The van der Waals surface area contributed by atoms with Gasteiger partial charge in [-0.05, 0) is 66.2 Å². The number of esters is 1. The molecule has 0 unspecified atom stereocenters. The molecule has 3 aromatic rings. The summed E-state index contributed by atoms with van der Waals surface area (Å²) in [5.74, 6) is -0.120. The van der Waals surface area contributed by atoms with Gasteiger partial charge in [0, 0.05) is 9.86 Å². The number of furan rings is 1. The fourth-order valence-corrected chi connectivity index (χ4v) is 4.47. The van der Waals surface area contributed by atoms with Gasteiger partial charge in [-0.25, -0.2) is 13.2 Å². The number of halogens is 2. The number of hydrogen-bond acceptors (Lipinski definition) is 5. The Kier molecular flexibility index (Phi) is 5.64. The van der Waals surface area contributed by atoms with Crippen LogP contribution in [0.1, 0.15) is 23.0 Å². The van der Waals surface area contributed by atoms with Crippen LogP contribution < -0.4 is 4.72 Å². The molecule has 0 aliphatic rings. The van der Waals surface area contributed by atoms with Gasteiger partial charge in [0.1, 0.15) is 16.9 Å². The molecule has 0 aliphatic heterocycles. The first-order chi connectivity index (χ1) is 12.7. The lowest BCUT2D eigenvalue weighted by molar-refractivity contribution is 0.0526. The van der Waals surface area contributed by atoms with Crippen LogP contribution in [0.5, 0.6) is 0 Å². The van der Waals surface area contributed by atoms with Crippen molar-refractivity contribution in [1.82, 2.24) is 0 Å². The predicted octanol–water partition coefficient (Wildman–Crippen LogP) is 5.24. The third-order valence-electron chi connectivity index (χ3n) is 3.78. The average molecular weight is 517 g/mol. The lowest BCUT2D eigenvalue weighted by Crippen LogP contribution is -2.13. The first kappa shape index (κ1) is 19.9. The Morgan fingerprint density at radius 1 is 1.19 bits per heavy atom. The zero-order valence-electron chi connectivity index (χ0n) is 14.4. The van der Waals surface area contributed by atoms with E-state index in [4.69, 9.17) is 9.15 Å². The number of ether oxygens (including phenoxy) is 1. The molecule has 3 rings (SSSR count). The number of aryl methyl sites for hydroxylation is 1. The molecule has 1 aromatic heterocycles. The Bertz CT molecular complexity index is 1120. The van der Waals surface area contributed by atoms with Crippen molar-refractivity contribution in [1.29, 1.82) is 0 Å². The SMILES string of the molecule is CCOC(=O)c1c(C)oc2c(Br)cc(NS(=O)(=O)c3ccc(Br)cc3)cc12. The number of hydrogen-bond donors (Lipinski definition) is 1. The molecule has 1 heterocycles. The minimum atomic E-state index is -3.79. The molecule has 0 spiro atoms. The van der Waals surface area contributed by atoms with Crippen molar-refractivity contribution >= 4 is 64.5 Å². The Balaban J connectivity index is 2.06. The lowest BCUT2D eigenvalue weighted by Gasteiger charge is -2.09. The summed E-state index contributed by atoms with van der Waals surface area (Å²) in [7, 11) is -3.79. The maximum Gasteiger partial charge on any atom is 0.342 e. The quantitative estimate of drug-likeness (QED) is 0.468. The van der Waals surface area contributed by atoms with Gasteiger partial charge < -0.3 is 9.15 Å². The average Bonchev–Trinajstić information content (AvgIpc) is 2.92. The summed E-state index contributed by atoms with van der Waals surface area (Å²) in [6.07, 6.45) is 0. The van der Waals surface area contributed by atoms with Crippen LogP contribution in [-0.4, -0.2) is 21.0 Å². The standard InChI is InChI=1S/C18H15Br2NO5S/c1-3-25-18(22)16-10(2)26-17-14(16)8-12(9-15(17)20)21-27(23,24)13-6-4-11(19)5-7-13/h4-9,21H,3H2,1-2H3. The number of fused-ring (bicyclic) bond motifs is 1. The second-order valence-electron chi connectivity index (χ2n) is 5.65. The van der Waals surface area contributed by atoms with E-state index < -0.39 is 16.0 Å². The summed E-state index contributed by atoms with van der Waals surface area (Å²) in [5, 5.41) is 0.467. The highest BCUT2D eigenvalue weighted by molar-refractivity contribution is 9.11. The molecule has 0 bridgehead atoms. The van der Waals surface area contributed by atoms with Crippen molar-refractivity contribution in [2.75, 3.05) is 11.3 Å². The van der Waals surface area contributed by atoms with E-state index in [2.05, 4.69) is 36.6 Å². The molecule has 9 heteroatoms. The Hall–Kier alpha value is -1.84. The lowest BCUT2D eigenvalue weighted by atomic mass is 10.1. The Morgan fingerprint density at radius 3 is 2.48 bits per heavy atom. The van der Waals surface area contributed by atoms with E-state index in [0.717, 1.165) is 4.47 Å². The zero-order valence-corrected chi connectivity index (χ0v) is 18.4. The fraction of sp³-hybridized carbons (Fsp3) is 0.167. The molecule has 0 fully saturated rings. The number of carbonyl (C=O) groups excluding carboxylic acids is 1. The highest BCUT2D eigenvalue weighted by Gasteiger charge is 2.23. The fourth-order valence-electron chi connectivity index (χ4n) is 2.62. The van der Waals surface area contributed by atoms with Crippen LogP contribution in [0.2, 0.25) is 0 Å². The van der Waals surface area contributed by atoms with Crippen LogP contribution in [0.3, 0.4) is 0 Å². The van der Waals surface area contributed by atoms with Crippen molar-refractivity contribution in [2.24, 2.45) is 0 Å². The summed E-state index contributed by atoms with van der Waals surface area (Å²) in [6, 6.07) is 9.41. The maximum absolute atomic E-state index is 12.6. The van der Waals surface area contributed by atoms with Gasteiger partial charge in [-0.15, -0.1) is 0 Å². The van der Waals surface area contributed by atoms with E-state index in [1.54, 1.807) is 38.1 Å². The van der Waals surface area contributed by atoms with E-state index in [1.807, 2.05) is 0 Å². The highest BCUT2D eigenvalue weighted by atomic mass is 79.9. The van der Waals surface area contributed by atoms with Gasteiger partial charge in [-0.2, -0.15) is 0 Å². The zero-order chi connectivity index (χ0) is 19.8. The number of sulfonamides is 1. The van der Waals surface area contributed by atoms with Crippen molar-refractivity contribution in [3.8, 4) is 0 Å². The predicted molar refractivity (Wildman–Crippen MR) is 110 cm³/mol. The smallest absolute Gasteiger partial charge is 0.342 e. The number of nitrogens with one attached hydrogen (secondary N) is 1. The van der Waals surface area contributed by atoms with Crippen LogP contribution >= 0.6 is 31.9 Å². The molecule has 0 amide bonds. The van der Waals surface area contributed by atoms with Crippen molar-refractivity contribution in [3.63, 3.8) is 0 Å². The molecule has 27 heavy (non-hydrogen) atoms. The first-order valence-electron chi connectivity index (χ1n) is 7.91. The molecule has 0 atom stereocenters. The van der Waals surface area contributed by atoms with E-state index >= 15 is 0 Å². The Morgan fingerprint density at radius 2 is 1.85 bits per heavy atom. The van der Waals surface area contributed by atoms with E-state index in [1.165, 1.54) is 12.1 Å². The normalized spacial score (nSPS) is 11.6. The van der Waals surface area contributed by atoms with Gasteiger partial charge in [-0.3, -0.25) is 4.72 Å². The van der Waals surface area contributed by atoms with Gasteiger partial charge in [0.25, 0.3) is 10.0 Å². The minimum absolute atomic E-state index is 0.121. The third kappa shape index (κ3) is 4.04. The second-order valence-corrected chi connectivity index (χ2v) is 9.10.